The highest BCUT2D eigenvalue weighted by molar-refractivity contribution is 5.97. The number of methoxy groups -OCH3 is 1. The van der Waals surface area contributed by atoms with E-state index in [1.54, 1.807) is 29.1 Å². The van der Waals surface area contributed by atoms with Crippen LogP contribution in [0.4, 0.5) is 5.69 Å². The molecule has 6 nitrogen and oxygen atoms in total. The van der Waals surface area contributed by atoms with Gasteiger partial charge in [-0.25, -0.2) is 0 Å². The topological polar surface area (TPSA) is 82.2 Å². The molecule has 0 aliphatic carbocycles. The van der Waals surface area contributed by atoms with Crippen LogP contribution < -0.4 is 15.8 Å². The number of rotatable bonds is 5. The number of hydrogen-bond acceptors (Lipinski definition) is 4. The third-order valence-electron chi connectivity index (χ3n) is 3.06. The Balaban J connectivity index is 1.97. The zero-order chi connectivity index (χ0) is 14.5. The Hall–Kier alpha value is -2.50. The largest absolute Gasteiger partial charge is 0.496 e. The van der Waals surface area contributed by atoms with Crippen molar-refractivity contribution in [3.8, 4) is 5.75 Å². The first-order valence-electron chi connectivity index (χ1n) is 6.30. The maximum atomic E-state index is 12.1. The van der Waals surface area contributed by atoms with Crippen LogP contribution in [0.15, 0.2) is 30.5 Å². The monoisotopic (exact) mass is 274 g/mol. The molecule has 1 aromatic carbocycles. The van der Waals surface area contributed by atoms with Crippen molar-refractivity contribution in [2.45, 2.75) is 6.42 Å². The lowest BCUT2D eigenvalue weighted by atomic mass is 10.1. The van der Waals surface area contributed by atoms with Crippen LogP contribution in [0.5, 0.6) is 5.75 Å². The van der Waals surface area contributed by atoms with E-state index in [2.05, 4.69) is 10.4 Å². The summed E-state index contributed by atoms with van der Waals surface area (Å²) >= 11 is 0. The van der Waals surface area contributed by atoms with Gasteiger partial charge >= 0.3 is 0 Å². The van der Waals surface area contributed by atoms with Crippen molar-refractivity contribution in [2.75, 3.05) is 19.4 Å². The fourth-order valence-corrected chi connectivity index (χ4v) is 1.94. The number of carbonyl (C=O) groups excluding carboxylic acids is 1. The van der Waals surface area contributed by atoms with Crippen molar-refractivity contribution >= 4 is 11.6 Å². The number of aryl methyl sites for hydroxylation is 1. The maximum absolute atomic E-state index is 12.1. The summed E-state index contributed by atoms with van der Waals surface area (Å²) in [7, 11) is 3.39. The fourth-order valence-electron chi connectivity index (χ4n) is 1.94. The summed E-state index contributed by atoms with van der Waals surface area (Å²) in [5.41, 5.74) is 7.77. The van der Waals surface area contributed by atoms with Crippen LogP contribution in [0.3, 0.4) is 0 Å². The molecule has 0 aliphatic heterocycles. The van der Waals surface area contributed by atoms with Crippen LogP contribution in [-0.2, 0) is 13.5 Å². The van der Waals surface area contributed by atoms with Gasteiger partial charge in [-0.05, 0) is 18.2 Å². The molecule has 1 heterocycles. The minimum atomic E-state index is -0.177. The summed E-state index contributed by atoms with van der Waals surface area (Å²) in [6, 6.07) is 6.90. The van der Waals surface area contributed by atoms with Crippen LogP contribution in [0, 0.1) is 0 Å². The quantitative estimate of drug-likeness (QED) is 0.796. The summed E-state index contributed by atoms with van der Waals surface area (Å²) in [5.74, 6) is 0.298. The molecule has 0 unspecified atom stereocenters. The van der Waals surface area contributed by atoms with Gasteiger partial charge in [0, 0.05) is 43.7 Å². The number of carbonyl (C=O) groups is 1. The molecule has 2 aromatic rings. The number of nitrogens with two attached hydrogens (primary N) is 1. The molecule has 20 heavy (non-hydrogen) atoms. The highest BCUT2D eigenvalue weighted by atomic mass is 16.5. The summed E-state index contributed by atoms with van der Waals surface area (Å²) in [5, 5.41) is 6.94. The van der Waals surface area contributed by atoms with Crippen LogP contribution in [-0.4, -0.2) is 29.3 Å². The van der Waals surface area contributed by atoms with E-state index >= 15 is 0 Å². The molecule has 0 aliphatic rings. The van der Waals surface area contributed by atoms with Crippen LogP contribution >= 0.6 is 0 Å². The van der Waals surface area contributed by atoms with E-state index in [-0.39, 0.29) is 5.91 Å². The SMILES string of the molecule is COc1cc(N)ccc1C(=O)NCCc1ccnn1C. The molecule has 0 fully saturated rings. The van der Waals surface area contributed by atoms with Crippen LogP contribution in [0.1, 0.15) is 16.1 Å². The lowest BCUT2D eigenvalue weighted by molar-refractivity contribution is 0.0951. The van der Waals surface area contributed by atoms with Crippen molar-refractivity contribution in [3.05, 3.63) is 41.7 Å². The first-order valence-corrected chi connectivity index (χ1v) is 6.30. The molecule has 0 saturated carbocycles. The third-order valence-corrected chi connectivity index (χ3v) is 3.06. The number of anilines is 1. The second kappa shape index (κ2) is 6.10. The lowest BCUT2D eigenvalue weighted by Crippen LogP contribution is -2.26. The van der Waals surface area contributed by atoms with Gasteiger partial charge < -0.3 is 15.8 Å². The second-order valence-electron chi connectivity index (χ2n) is 4.41. The van der Waals surface area contributed by atoms with E-state index in [1.807, 2.05) is 13.1 Å². The molecule has 0 saturated heterocycles. The predicted molar refractivity (Wildman–Crippen MR) is 76.7 cm³/mol. The van der Waals surface area contributed by atoms with E-state index in [9.17, 15) is 4.79 Å². The normalized spacial score (nSPS) is 10.3. The summed E-state index contributed by atoms with van der Waals surface area (Å²) in [4.78, 5) is 12.1. The average molecular weight is 274 g/mol. The van der Waals surface area contributed by atoms with E-state index in [0.717, 1.165) is 12.1 Å². The molecule has 0 spiro atoms. The van der Waals surface area contributed by atoms with Crippen LogP contribution in [0.2, 0.25) is 0 Å². The second-order valence-corrected chi connectivity index (χ2v) is 4.41. The first-order chi connectivity index (χ1) is 9.61. The number of benzene rings is 1. The van der Waals surface area contributed by atoms with Gasteiger partial charge in [0.05, 0.1) is 12.7 Å². The molecule has 0 bridgehead atoms. The number of nitrogens with zero attached hydrogens (tertiary/aromatic N) is 2. The van der Waals surface area contributed by atoms with Crippen molar-refractivity contribution in [1.82, 2.24) is 15.1 Å². The molecule has 2 rings (SSSR count). The van der Waals surface area contributed by atoms with Gasteiger partial charge in [0.15, 0.2) is 0 Å². The van der Waals surface area contributed by atoms with Gasteiger partial charge in [-0.2, -0.15) is 5.10 Å². The highest BCUT2D eigenvalue weighted by Gasteiger charge is 2.12. The van der Waals surface area contributed by atoms with Gasteiger partial charge in [0.25, 0.3) is 5.91 Å². The Morgan fingerprint density at radius 2 is 2.25 bits per heavy atom. The average Bonchev–Trinajstić information content (AvgIpc) is 2.84. The smallest absolute Gasteiger partial charge is 0.255 e. The minimum Gasteiger partial charge on any atom is -0.496 e. The molecule has 6 heteroatoms. The molecule has 0 atom stereocenters. The van der Waals surface area contributed by atoms with E-state index in [0.29, 0.717) is 23.5 Å². The van der Waals surface area contributed by atoms with E-state index in [4.69, 9.17) is 10.5 Å². The molecule has 106 valence electrons. The Labute approximate surface area is 117 Å². The molecular weight excluding hydrogens is 256 g/mol. The van der Waals surface area contributed by atoms with Crippen molar-refractivity contribution in [1.29, 1.82) is 0 Å². The first kappa shape index (κ1) is 13.9. The van der Waals surface area contributed by atoms with Gasteiger partial charge in [-0.3, -0.25) is 9.48 Å². The Morgan fingerprint density at radius 1 is 1.45 bits per heavy atom. The predicted octanol–water partition coefficient (Wildman–Crippen LogP) is 0.983. The van der Waals surface area contributed by atoms with Gasteiger partial charge in [0.2, 0.25) is 0 Å². The highest BCUT2D eigenvalue weighted by Crippen LogP contribution is 2.21. The summed E-state index contributed by atoms with van der Waals surface area (Å²) in [6.07, 6.45) is 2.46. The zero-order valence-electron chi connectivity index (χ0n) is 11.6. The minimum absolute atomic E-state index is 0.177. The Kier molecular flexibility index (Phi) is 4.24. The van der Waals surface area contributed by atoms with Gasteiger partial charge in [-0.15, -0.1) is 0 Å². The Bertz CT molecular complexity index is 607. The van der Waals surface area contributed by atoms with Crippen LogP contribution in [0.25, 0.3) is 0 Å². The zero-order valence-corrected chi connectivity index (χ0v) is 11.6. The molecular formula is C14H18N4O2. The third kappa shape index (κ3) is 3.09. The number of amides is 1. The van der Waals surface area contributed by atoms with Crippen molar-refractivity contribution in [2.24, 2.45) is 7.05 Å². The number of aromatic nitrogens is 2. The number of nitrogen functional groups attached to an aromatic ring is 1. The Morgan fingerprint density at radius 3 is 2.90 bits per heavy atom. The van der Waals surface area contributed by atoms with E-state index < -0.39 is 0 Å². The lowest BCUT2D eigenvalue weighted by Gasteiger charge is -2.10. The number of nitrogens with one attached hydrogen (secondary N) is 1. The summed E-state index contributed by atoms with van der Waals surface area (Å²) < 4.78 is 6.95. The maximum Gasteiger partial charge on any atom is 0.255 e. The standard InChI is InChI=1S/C14H18N4O2/c1-18-11(6-8-17-18)5-7-16-14(19)12-4-3-10(15)9-13(12)20-2/h3-4,6,8-9H,5,7,15H2,1-2H3,(H,16,19). The molecule has 0 radical (unpaired) electrons. The van der Waals surface area contributed by atoms with Gasteiger partial charge in [-0.1, -0.05) is 0 Å². The van der Waals surface area contributed by atoms with Crippen molar-refractivity contribution in [3.63, 3.8) is 0 Å². The van der Waals surface area contributed by atoms with E-state index in [1.165, 1.54) is 7.11 Å². The molecule has 1 amide bonds. The molecule has 3 N–H and O–H groups in total. The number of ether oxygens (including phenoxy) is 1. The number of hydrogen-bond donors (Lipinski definition) is 2. The fraction of sp³-hybridized carbons (Fsp3) is 0.286. The molecule has 1 aromatic heterocycles. The van der Waals surface area contributed by atoms with Crippen molar-refractivity contribution < 1.29 is 9.53 Å². The van der Waals surface area contributed by atoms with Gasteiger partial charge in [0.1, 0.15) is 5.75 Å². The summed E-state index contributed by atoms with van der Waals surface area (Å²) in [6.45, 7) is 0.534.